The van der Waals surface area contributed by atoms with E-state index < -0.39 is 0 Å². The highest BCUT2D eigenvalue weighted by atomic mass is 35.5. The largest absolute Gasteiger partial charge is 0.497 e. The molecular formula is C11H14ClNO2. The number of carbonyl (C=O) groups excluding carboxylic acids is 1. The van der Waals surface area contributed by atoms with Gasteiger partial charge in [0, 0.05) is 18.0 Å². The van der Waals surface area contributed by atoms with Crippen molar-refractivity contribution in [2.24, 2.45) is 0 Å². The van der Waals surface area contributed by atoms with Crippen LogP contribution in [0.2, 0.25) is 0 Å². The Kier molecular flexibility index (Phi) is 4.98. The van der Waals surface area contributed by atoms with E-state index in [1.165, 1.54) is 0 Å². The molecule has 0 unspecified atom stereocenters. The smallest absolute Gasteiger partial charge is 0.251 e. The van der Waals surface area contributed by atoms with E-state index in [0.29, 0.717) is 23.7 Å². The Morgan fingerprint density at radius 3 is 3.00 bits per heavy atom. The summed E-state index contributed by atoms with van der Waals surface area (Å²) in [5, 5.41) is 2.77. The van der Waals surface area contributed by atoms with E-state index in [1.807, 2.05) is 0 Å². The van der Waals surface area contributed by atoms with Crippen molar-refractivity contribution in [3.63, 3.8) is 0 Å². The van der Waals surface area contributed by atoms with Crippen LogP contribution >= 0.6 is 11.6 Å². The fourth-order valence-corrected chi connectivity index (χ4v) is 1.27. The van der Waals surface area contributed by atoms with Gasteiger partial charge in [-0.25, -0.2) is 0 Å². The van der Waals surface area contributed by atoms with Crippen molar-refractivity contribution in [1.82, 2.24) is 5.32 Å². The Labute approximate surface area is 94.4 Å². The van der Waals surface area contributed by atoms with E-state index >= 15 is 0 Å². The lowest BCUT2D eigenvalue weighted by Gasteiger charge is -2.05. The summed E-state index contributed by atoms with van der Waals surface area (Å²) < 4.78 is 5.03. The second-order valence-electron chi connectivity index (χ2n) is 3.03. The number of hydrogen-bond donors (Lipinski definition) is 1. The fourth-order valence-electron chi connectivity index (χ4n) is 1.14. The first kappa shape index (κ1) is 11.9. The highest BCUT2D eigenvalue weighted by Crippen LogP contribution is 2.12. The summed E-state index contributed by atoms with van der Waals surface area (Å²) in [4.78, 5) is 11.6. The third-order valence-electron chi connectivity index (χ3n) is 1.93. The van der Waals surface area contributed by atoms with Crippen molar-refractivity contribution in [2.45, 2.75) is 6.42 Å². The van der Waals surface area contributed by atoms with Crippen LogP contribution < -0.4 is 10.1 Å². The Morgan fingerprint density at radius 1 is 1.53 bits per heavy atom. The predicted molar refractivity (Wildman–Crippen MR) is 60.7 cm³/mol. The molecule has 0 radical (unpaired) electrons. The Morgan fingerprint density at radius 2 is 2.33 bits per heavy atom. The number of nitrogens with one attached hydrogen (secondary N) is 1. The number of rotatable bonds is 5. The molecule has 4 heteroatoms. The normalized spacial score (nSPS) is 9.73. The zero-order chi connectivity index (χ0) is 11.1. The number of alkyl halides is 1. The molecule has 1 rings (SSSR count). The fraction of sp³-hybridized carbons (Fsp3) is 0.364. The molecule has 0 atom stereocenters. The van der Waals surface area contributed by atoms with Crippen molar-refractivity contribution in [1.29, 1.82) is 0 Å². The minimum Gasteiger partial charge on any atom is -0.497 e. The molecule has 0 bridgehead atoms. The molecule has 0 aromatic heterocycles. The van der Waals surface area contributed by atoms with Gasteiger partial charge in [-0.2, -0.15) is 0 Å². The number of hydrogen-bond acceptors (Lipinski definition) is 2. The molecule has 15 heavy (non-hydrogen) atoms. The Hall–Kier alpha value is -1.22. The zero-order valence-electron chi connectivity index (χ0n) is 8.63. The molecule has 1 aromatic carbocycles. The van der Waals surface area contributed by atoms with E-state index in [1.54, 1.807) is 31.4 Å². The first-order valence-corrected chi connectivity index (χ1v) is 5.29. The van der Waals surface area contributed by atoms with Crippen molar-refractivity contribution < 1.29 is 9.53 Å². The SMILES string of the molecule is COc1cccc(C(=O)NCCCCl)c1. The molecule has 3 nitrogen and oxygen atoms in total. The summed E-state index contributed by atoms with van der Waals surface area (Å²) in [7, 11) is 1.57. The van der Waals surface area contributed by atoms with Gasteiger partial charge in [-0.3, -0.25) is 4.79 Å². The number of benzene rings is 1. The second kappa shape index (κ2) is 6.30. The molecule has 0 aliphatic rings. The summed E-state index contributed by atoms with van der Waals surface area (Å²) >= 11 is 5.51. The summed E-state index contributed by atoms with van der Waals surface area (Å²) in [5.74, 6) is 1.14. The first-order valence-electron chi connectivity index (χ1n) is 4.76. The van der Waals surface area contributed by atoms with E-state index in [4.69, 9.17) is 16.3 Å². The van der Waals surface area contributed by atoms with Gasteiger partial charge in [0.05, 0.1) is 7.11 Å². The van der Waals surface area contributed by atoms with Crippen LogP contribution in [-0.4, -0.2) is 25.4 Å². The van der Waals surface area contributed by atoms with Crippen LogP contribution in [0, 0.1) is 0 Å². The van der Waals surface area contributed by atoms with Gasteiger partial charge in [0.2, 0.25) is 0 Å². The number of amides is 1. The van der Waals surface area contributed by atoms with Gasteiger partial charge in [0.15, 0.2) is 0 Å². The summed E-state index contributed by atoms with van der Waals surface area (Å²) in [6, 6.07) is 7.04. The number of methoxy groups -OCH3 is 1. The van der Waals surface area contributed by atoms with E-state index in [0.717, 1.165) is 6.42 Å². The molecule has 1 aromatic rings. The molecule has 0 spiro atoms. The lowest BCUT2D eigenvalue weighted by molar-refractivity contribution is 0.0953. The highest BCUT2D eigenvalue weighted by molar-refractivity contribution is 6.17. The highest BCUT2D eigenvalue weighted by Gasteiger charge is 2.04. The molecule has 1 amide bonds. The van der Waals surface area contributed by atoms with Gasteiger partial charge in [-0.1, -0.05) is 6.07 Å². The second-order valence-corrected chi connectivity index (χ2v) is 3.41. The molecule has 0 fully saturated rings. The van der Waals surface area contributed by atoms with Crippen LogP contribution in [0.3, 0.4) is 0 Å². The first-order chi connectivity index (χ1) is 7.27. The number of ether oxygens (including phenoxy) is 1. The van der Waals surface area contributed by atoms with Gasteiger partial charge in [-0.05, 0) is 24.6 Å². The van der Waals surface area contributed by atoms with Crippen LogP contribution in [0.25, 0.3) is 0 Å². The molecule has 0 aliphatic carbocycles. The monoisotopic (exact) mass is 227 g/mol. The van der Waals surface area contributed by atoms with Gasteiger partial charge in [-0.15, -0.1) is 11.6 Å². The zero-order valence-corrected chi connectivity index (χ0v) is 9.38. The van der Waals surface area contributed by atoms with E-state index in [-0.39, 0.29) is 5.91 Å². The number of halogens is 1. The quantitative estimate of drug-likeness (QED) is 0.618. The van der Waals surface area contributed by atoms with Crippen LogP contribution in [0.4, 0.5) is 0 Å². The lowest BCUT2D eigenvalue weighted by Crippen LogP contribution is -2.24. The lowest BCUT2D eigenvalue weighted by atomic mass is 10.2. The van der Waals surface area contributed by atoms with E-state index in [9.17, 15) is 4.79 Å². The maximum atomic E-state index is 11.6. The van der Waals surface area contributed by atoms with Crippen molar-refractivity contribution in [3.05, 3.63) is 29.8 Å². The molecule has 82 valence electrons. The van der Waals surface area contributed by atoms with Gasteiger partial charge in [0.1, 0.15) is 5.75 Å². The molecular weight excluding hydrogens is 214 g/mol. The van der Waals surface area contributed by atoms with Crippen LogP contribution in [-0.2, 0) is 0 Å². The van der Waals surface area contributed by atoms with Crippen LogP contribution in [0.1, 0.15) is 16.8 Å². The molecule has 0 saturated carbocycles. The molecule has 0 saturated heterocycles. The maximum Gasteiger partial charge on any atom is 0.251 e. The van der Waals surface area contributed by atoms with E-state index in [2.05, 4.69) is 5.32 Å². The third kappa shape index (κ3) is 3.80. The van der Waals surface area contributed by atoms with Crippen molar-refractivity contribution >= 4 is 17.5 Å². The van der Waals surface area contributed by atoms with Crippen molar-refractivity contribution in [3.8, 4) is 5.75 Å². The maximum absolute atomic E-state index is 11.6. The molecule has 0 aliphatic heterocycles. The van der Waals surface area contributed by atoms with Crippen LogP contribution in [0.5, 0.6) is 5.75 Å². The van der Waals surface area contributed by atoms with Crippen molar-refractivity contribution in [2.75, 3.05) is 19.5 Å². The summed E-state index contributed by atoms with van der Waals surface area (Å²) in [6.45, 7) is 0.597. The summed E-state index contributed by atoms with van der Waals surface area (Å²) in [6.07, 6.45) is 0.775. The third-order valence-corrected chi connectivity index (χ3v) is 2.20. The van der Waals surface area contributed by atoms with Crippen LogP contribution in [0.15, 0.2) is 24.3 Å². The van der Waals surface area contributed by atoms with Gasteiger partial charge < -0.3 is 10.1 Å². The summed E-state index contributed by atoms with van der Waals surface area (Å²) in [5.41, 5.74) is 0.601. The topological polar surface area (TPSA) is 38.3 Å². The standard InChI is InChI=1S/C11H14ClNO2/c1-15-10-5-2-4-9(8-10)11(14)13-7-3-6-12/h2,4-5,8H,3,6-7H2,1H3,(H,13,14). The predicted octanol–water partition coefficient (Wildman–Crippen LogP) is 2.05. The average Bonchev–Trinajstić information content (AvgIpc) is 2.29. The Bertz CT molecular complexity index is 328. The minimum atomic E-state index is -0.0981. The molecule has 1 N–H and O–H groups in total. The molecule has 0 heterocycles. The number of carbonyl (C=O) groups is 1. The van der Waals surface area contributed by atoms with Gasteiger partial charge in [0.25, 0.3) is 5.91 Å². The average molecular weight is 228 g/mol. The Balaban J connectivity index is 2.57. The minimum absolute atomic E-state index is 0.0981. The van der Waals surface area contributed by atoms with Gasteiger partial charge >= 0.3 is 0 Å².